The highest BCUT2D eigenvalue weighted by atomic mass is 35.5. The van der Waals surface area contributed by atoms with Gasteiger partial charge < -0.3 is 5.73 Å². The van der Waals surface area contributed by atoms with Crippen LogP contribution in [0.2, 0.25) is 15.1 Å². The van der Waals surface area contributed by atoms with Crippen LogP contribution < -0.4 is 5.73 Å². The van der Waals surface area contributed by atoms with Crippen LogP contribution in [0, 0.1) is 5.82 Å². The normalized spacial score (nSPS) is 10.6. The molecule has 0 unspecified atom stereocenters. The van der Waals surface area contributed by atoms with Crippen LogP contribution in [0.25, 0.3) is 11.1 Å². The van der Waals surface area contributed by atoms with E-state index in [-0.39, 0.29) is 5.69 Å². The van der Waals surface area contributed by atoms with E-state index in [2.05, 4.69) is 4.98 Å². The Hall–Kier alpha value is -1.03. The molecule has 0 saturated carbocycles. The molecule has 88 valence electrons. The number of halogens is 4. The Morgan fingerprint density at radius 2 is 1.65 bits per heavy atom. The lowest BCUT2D eigenvalue weighted by Crippen LogP contribution is -1.96. The zero-order valence-corrected chi connectivity index (χ0v) is 10.6. The average Bonchev–Trinajstić information content (AvgIpc) is 2.23. The first-order valence-corrected chi connectivity index (χ1v) is 5.68. The monoisotopic (exact) mass is 290 g/mol. The topological polar surface area (TPSA) is 38.9 Å². The van der Waals surface area contributed by atoms with Crippen molar-refractivity contribution >= 4 is 40.5 Å². The molecule has 0 bridgehead atoms. The van der Waals surface area contributed by atoms with Crippen LogP contribution in [-0.4, -0.2) is 4.98 Å². The first-order chi connectivity index (χ1) is 8.00. The van der Waals surface area contributed by atoms with Crippen LogP contribution in [0.5, 0.6) is 0 Å². The summed E-state index contributed by atoms with van der Waals surface area (Å²) < 4.78 is 13.3. The summed E-state index contributed by atoms with van der Waals surface area (Å²) in [5.74, 6) is -0.621. The number of hydrogen-bond acceptors (Lipinski definition) is 2. The Morgan fingerprint density at radius 3 is 2.24 bits per heavy atom. The van der Waals surface area contributed by atoms with E-state index in [0.29, 0.717) is 26.2 Å². The Balaban J connectivity index is 2.73. The number of nitrogens with two attached hydrogens (primary N) is 1. The second-order valence-corrected chi connectivity index (χ2v) is 4.58. The van der Waals surface area contributed by atoms with Gasteiger partial charge in [0.2, 0.25) is 0 Å². The Labute approximate surface area is 112 Å². The first kappa shape index (κ1) is 12.4. The van der Waals surface area contributed by atoms with Gasteiger partial charge >= 0.3 is 0 Å². The lowest BCUT2D eigenvalue weighted by atomic mass is 10.1. The molecule has 0 aliphatic carbocycles. The molecule has 0 aliphatic heterocycles. The standard InChI is InChI=1S/C11H6Cl3FN2/c12-5-1-7(13)10(8(14)2-5)6-3-17-4-9(15)11(6)16/h1-4H,(H2,16,17). The molecule has 2 aromatic rings. The minimum Gasteiger partial charge on any atom is -0.396 e. The predicted molar refractivity (Wildman–Crippen MR) is 69.1 cm³/mol. The van der Waals surface area contributed by atoms with Crippen molar-refractivity contribution in [2.75, 3.05) is 5.73 Å². The molecule has 0 spiro atoms. The van der Waals surface area contributed by atoms with Crippen molar-refractivity contribution in [3.05, 3.63) is 45.4 Å². The van der Waals surface area contributed by atoms with E-state index in [1.807, 2.05) is 0 Å². The van der Waals surface area contributed by atoms with Crippen LogP contribution in [0.15, 0.2) is 24.5 Å². The van der Waals surface area contributed by atoms with Crippen molar-refractivity contribution < 1.29 is 4.39 Å². The summed E-state index contributed by atoms with van der Waals surface area (Å²) in [4.78, 5) is 3.72. The fourth-order valence-electron chi connectivity index (χ4n) is 1.44. The fourth-order valence-corrected chi connectivity index (χ4v) is 2.46. The molecule has 1 aromatic heterocycles. The maximum absolute atomic E-state index is 13.3. The molecule has 1 aromatic carbocycles. The van der Waals surface area contributed by atoms with Crippen LogP contribution in [0.3, 0.4) is 0 Å². The average molecular weight is 292 g/mol. The largest absolute Gasteiger partial charge is 0.396 e. The summed E-state index contributed by atoms with van der Waals surface area (Å²) in [5, 5.41) is 0.981. The second kappa shape index (κ2) is 4.69. The number of anilines is 1. The number of hydrogen-bond donors (Lipinski definition) is 1. The molecule has 0 aliphatic rings. The molecule has 0 fully saturated rings. The van der Waals surface area contributed by atoms with Crippen molar-refractivity contribution in [3.8, 4) is 11.1 Å². The van der Waals surface area contributed by atoms with Crippen LogP contribution in [0.1, 0.15) is 0 Å². The highest BCUT2D eigenvalue weighted by Gasteiger charge is 2.15. The van der Waals surface area contributed by atoms with Gasteiger partial charge in [-0.1, -0.05) is 34.8 Å². The lowest BCUT2D eigenvalue weighted by Gasteiger charge is -2.10. The van der Waals surface area contributed by atoms with E-state index in [9.17, 15) is 4.39 Å². The summed E-state index contributed by atoms with van der Waals surface area (Å²) in [6.07, 6.45) is 2.43. The molecule has 2 rings (SSSR count). The fraction of sp³-hybridized carbons (Fsp3) is 0. The smallest absolute Gasteiger partial charge is 0.164 e. The maximum atomic E-state index is 13.3. The quantitative estimate of drug-likeness (QED) is 0.844. The Morgan fingerprint density at radius 1 is 1.06 bits per heavy atom. The van der Waals surface area contributed by atoms with Gasteiger partial charge in [0.1, 0.15) is 0 Å². The van der Waals surface area contributed by atoms with E-state index in [1.54, 1.807) is 0 Å². The molecule has 2 nitrogen and oxygen atoms in total. The van der Waals surface area contributed by atoms with Gasteiger partial charge in [-0.05, 0) is 12.1 Å². The summed E-state index contributed by atoms with van der Waals surface area (Å²) in [7, 11) is 0. The van der Waals surface area contributed by atoms with Crippen LogP contribution in [0.4, 0.5) is 10.1 Å². The SMILES string of the molecule is Nc1c(F)cncc1-c1c(Cl)cc(Cl)cc1Cl. The molecule has 6 heteroatoms. The van der Waals surface area contributed by atoms with Crippen LogP contribution in [-0.2, 0) is 0 Å². The molecule has 0 saturated heterocycles. The molecular weight excluding hydrogens is 285 g/mol. The first-order valence-electron chi connectivity index (χ1n) is 4.54. The molecular formula is C11H6Cl3FN2. The third-order valence-corrected chi connectivity index (χ3v) is 3.03. The summed E-state index contributed by atoms with van der Waals surface area (Å²) in [6, 6.07) is 3.02. The zero-order valence-electron chi connectivity index (χ0n) is 8.35. The van der Waals surface area contributed by atoms with Gasteiger partial charge in [-0.2, -0.15) is 0 Å². The van der Waals surface area contributed by atoms with Crippen molar-refractivity contribution in [1.29, 1.82) is 0 Å². The molecule has 0 amide bonds. The van der Waals surface area contributed by atoms with Crippen molar-refractivity contribution in [2.45, 2.75) is 0 Å². The summed E-state index contributed by atoms with van der Waals surface area (Å²) >= 11 is 17.8. The van der Waals surface area contributed by atoms with Gasteiger partial charge in [0.05, 0.1) is 21.9 Å². The molecule has 17 heavy (non-hydrogen) atoms. The number of rotatable bonds is 1. The third-order valence-electron chi connectivity index (χ3n) is 2.22. The lowest BCUT2D eigenvalue weighted by molar-refractivity contribution is 0.627. The maximum Gasteiger partial charge on any atom is 0.164 e. The molecule has 0 radical (unpaired) electrons. The predicted octanol–water partition coefficient (Wildman–Crippen LogP) is 4.43. The molecule has 2 N–H and O–H groups in total. The van der Waals surface area contributed by atoms with E-state index < -0.39 is 5.82 Å². The van der Waals surface area contributed by atoms with Crippen LogP contribution >= 0.6 is 34.8 Å². The van der Waals surface area contributed by atoms with Gasteiger partial charge in [-0.25, -0.2) is 4.39 Å². The van der Waals surface area contributed by atoms with Crippen molar-refractivity contribution in [3.63, 3.8) is 0 Å². The van der Waals surface area contributed by atoms with E-state index >= 15 is 0 Å². The minimum absolute atomic E-state index is 0.0499. The number of nitrogens with zero attached hydrogens (tertiary/aromatic N) is 1. The number of benzene rings is 1. The van der Waals surface area contributed by atoms with Gasteiger partial charge in [-0.15, -0.1) is 0 Å². The molecule has 0 atom stereocenters. The number of pyridine rings is 1. The summed E-state index contributed by atoms with van der Waals surface area (Å²) in [6.45, 7) is 0. The second-order valence-electron chi connectivity index (χ2n) is 3.33. The number of nitrogen functional groups attached to an aromatic ring is 1. The highest BCUT2D eigenvalue weighted by molar-refractivity contribution is 6.42. The third kappa shape index (κ3) is 2.32. The Kier molecular flexibility index (Phi) is 3.43. The molecule has 1 heterocycles. The summed E-state index contributed by atoms with van der Waals surface area (Å²) in [5.41, 5.74) is 6.34. The van der Waals surface area contributed by atoms with E-state index in [1.165, 1.54) is 18.3 Å². The van der Waals surface area contributed by atoms with Gasteiger partial charge in [-0.3, -0.25) is 4.98 Å². The highest BCUT2D eigenvalue weighted by Crippen LogP contribution is 2.39. The van der Waals surface area contributed by atoms with E-state index in [4.69, 9.17) is 40.5 Å². The minimum atomic E-state index is -0.621. The van der Waals surface area contributed by atoms with Crippen molar-refractivity contribution in [2.24, 2.45) is 0 Å². The van der Waals surface area contributed by atoms with Crippen molar-refractivity contribution in [1.82, 2.24) is 4.98 Å². The van der Waals surface area contributed by atoms with E-state index in [0.717, 1.165) is 6.20 Å². The van der Waals surface area contributed by atoms with Gasteiger partial charge in [0, 0.05) is 22.3 Å². The van der Waals surface area contributed by atoms with Gasteiger partial charge in [0.25, 0.3) is 0 Å². The Bertz CT molecular complexity index is 564. The van der Waals surface area contributed by atoms with Gasteiger partial charge in [0.15, 0.2) is 5.82 Å². The zero-order chi connectivity index (χ0) is 12.6. The number of aromatic nitrogens is 1.